The van der Waals surface area contributed by atoms with Crippen molar-refractivity contribution in [1.82, 2.24) is 0 Å². The Kier molecular flexibility index (Phi) is 4.70. The molecule has 1 aromatic carbocycles. The van der Waals surface area contributed by atoms with Gasteiger partial charge in [-0.15, -0.1) is 6.58 Å². The van der Waals surface area contributed by atoms with E-state index >= 15 is 0 Å². The second kappa shape index (κ2) is 6.27. The number of carbonyl (C=O) groups excluding carboxylic acids is 1. The van der Waals surface area contributed by atoms with Crippen molar-refractivity contribution in [2.75, 3.05) is 0 Å². The van der Waals surface area contributed by atoms with Crippen molar-refractivity contribution in [3.63, 3.8) is 0 Å². The molecule has 1 saturated carbocycles. The van der Waals surface area contributed by atoms with Gasteiger partial charge < -0.3 is 4.74 Å². The molecule has 0 saturated heterocycles. The molecule has 2 rings (SSSR count). The van der Waals surface area contributed by atoms with Crippen LogP contribution in [0.4, 0.5) is 17.6 Å². The highest BCUT2D eigenvalue weighted by molar-refractivity contribution is 5.78. The van der Waals surface area contributed by atoms with Gasteiger partial charge in [0, 0.05) is 5.56 Å². The highest BCUT2D eigenvalue weighted by atomic mass is 19.2. The van der Waals surface area contributed by atoms with Gasteiger partial charge in [-0.1, -0.05) is 19.9 Å². The number of rotatable bonds is 5. The minimum Gasteiger partial charge on any atom is -0.460 e. The van der Waals surface area contributed by atoms with Crippen LogP contribution in [-0.4, -0.2) is 5.97 Å². The Bertz CT molecular complexity index is 723. The van der Waals surface area contributed by atoms with Gasteiger partial charge in [-0.25, -0.2) is 17.6 Å². The second-order valence-corrected chi connectivity index (χ2v) is 6.22. The molecule has 0 unspecified atom stereocenters. The minimum absolute atomic E-state index is 0.383. The molecule has 2 atom stereocenters. The third kappa shape index (κ3) is 2.77. The molecule has 0 spiro atoms. The first-order valence-corrected chi connectivity index (χ1v) is 7.19. The Morgan fingerprint density at radius 3 is 2.12 bits per heavy atom. The van der Waals surface area contributed by atoms with Crippen molar-refractivity contribution in [1.29, 1.82) is 5.26 Å². The predicted molar refractivity (Wildman–Crippen MR) is 76.3 cm³/mol. The van der Waals surface area contributed by atoms with E-state index in [0.29, 0.717) is 0 Å². The van der Waals surface area contributed by atoms with E-state index in [1.165, 1.54) is 0 Å². The van der Waals surface area contributed by atoms with Crippen molar-refractivity contribution < 1.29 is 27.1 Å². The van der Waals surface area contributed by atoms with Crippen LogP contribution >= 0.6 is 0 Å². The minimum atomic E-state index is -1.61. The molecule has 7 heteroatoms. The summed E-state index contributed by atoms with van der Waals surface area (Å²) in [6.07, 6.45) is 0.725. The summed E-state index contributed by atoms with van der Waals surface area (Å²) in [5, 5.41) is 8.90. The summed E-state index contributed by atoms with van der Waals surface area (Å²) in [7, 11) is 0. The fourth-order valence-electron chi connectivity index (χ4n) is 2.72. The first-order valence-electron chi connectivity index (χ1n) is 7.19. The lowest BCUT2D eigenvalue weighted by Crippen LogP contribution is -2.14. The number of esters is 1. The molecule has 3 nitrogen and oxygen atoms in total. The van der Waals surface area contributed by atoms with Gasteiger partial charge >= 0.3 is 5.97 Å². The largest absolute Gasteiger partial charge is 0.460 e. The summed E-state index contributed by atoms with van der Waals surface area (Å²) in [6.45, 7) is 5.66. The molecule has 24 heavy (non-hydrogen) atoms. The van der Waals surface area contributed by atoms with Crippen molar-refractivity contribution in [2.45, 2.75) is 26.9 Å². The van der Waals surface area contributed by atoms with Crippen LogP contribution in [0.2, 0.25) is 0 Å². The fourth-order valence-corrected chi connectivity index (χ4v) is 2.72. The third-order valence-electron chi connectivity index (χ3n) is 4.37. The zero-order valence-electron chi connectivity index (χ0n) is 13.1. The van der Waals surface area contributed by atoms with Gasteiger partial charge in [0.05, 0.1) is 23.5 Å². The number of hydrogen-bond donors (Lipinski definition) is 0. The van der Waals surface area contributed by atoms with Gasteiger partial charge in [-0.3, -0.25) is 4.79 Å². The average Bonchev–Trinajstić information content (AvgIpc) is 3.10. The molecule has 1 aliphatic carbocycles. The molecule has 0 radical (unpaired) electrons. The van der Waals surface area contributed by atoms with E-state index in [1.807, 2.05) is 6.07 Å². The molecule has 0 aromatic heterocycles. The maximum atomic E-state index is 13.9. The molecule has 0 N–H and O–H groups in total. The van der Waals surface area contributed by atoms with Gasteiger partial charge in [-0.2, -0.15) is 5.26 Å². The Morgan fingerprint density at radius 1 is 1.21 bits per heavy atom. The number of allylic oxidation sites excluding steroid dienone is 1. The lowest BCUT2D eigenvalue weighted by molar-refractivity contribution is -0.147. The van der Waals surface area contributed by atoms with Crippen LogP contribution < -0.4 is 0 Å². The zero-order valence-corrected chi connectivity index (χ0v) is 13.1. The quantitative estimate of drug-likeness (QED) is 0.354. The van der Waals surface area contributed by atoms with E-state index < -0.39 is 64.2 Å². The number of nitriles is 1. The number of nitrogens with zero attached hydrogens (tertiary/aromatic N) is 1. The van der Waals surface area contributed by atoms with Crippen molar-refractivity contribution in [3.05, 3.63) is 47.1 Å². The van der Waals surface area contributed by atoms with E-state index in [2.05, 4.69) is 6.58 Å². The van der Waals surface area contributed by atoms with Crippen LogP contribution in [0.5, 0.6) is 0 Å². The normalized spacial score (nSPS) is 21.0. The lowest BCUT2D eigenvalue weighted by atomic mass is 10.1. The summed E-state index contributed by atoms with van der Waals surface area (Å²) in [5.41, 5.74) is -2.38. The van der Waals surface area contributed by atoms with Crippen molar-refractivity contribution >= 4 is 5.97 Å². The first-order chi connectivity index (χ1) is 11.2. The van der Waals surface area contributed by atoms with E-state index in [0.717, 1.165) is 6.08 Å². The Hall–Kier alpha value is -2.36. The van der Waals surface area contributed by atoms with Gasteiger partial charge in [0.1, 0.15) is 6.61 Å². The summed E-state index contributed by atoms with van der Waals surface area (Å²) in [6, 6.07) is 1.94. The number of benzene rings is 1. The zero-order chi connectivity index (χ0) is 18.2. The molecule has 0 aliphatic heterocycles. The van der Waals surface area contributed by atoms with Crippen LogP contribution in [0, 0.1) is 51.9 Å². The average molecular weight is 341 g/mol. The first kappa shape index (κ1) is 18.0. The van der Waals surface area contributed by atoms with Crippen LogP contribution in [0.25, 0.3) is 0 Å². The molecule has 128 valence electrons. The maximum absolute atomic E-state index is 13.9. The van der Waals surface area contributed by atoms with E-state index in [4.69, 9.17) is 10.00 Å². The maximum Gasteiger partial charge on any atom is 0.311 e. The van der Waals surface area contributed by atoms with Gasteiger partial charge in [0.25, 0.3) is 0 Å². The van der Waals surface area contributed by atoms with Crippen LogP contribution in [-0.2, 0) is 22.6 Å². The highest BCUT2D eigenvalue weighted by Crippen LogP contribution is 2.58. The molecule has 1 fully saturated rings. The Labute approximate surface area is 136 Å². The Morgan fingerprint density at radius 2 is 1.71 bits per heavy atom. The smallest absolute Gasteiger partial charge is 0.311 e. The molecule has 1 aromatic rings. The third-order valence-corrected chi connectivity index (χ3v) is 4.37. The number of ether oxygens (including phenoxy) is 1. The number of halogens is 4. The molecular formula is C17H15F4NO2. The van der Waals surface area contributed by atoms with Gasteiger partial charge in [-0.05, 0) is 11.8 Å². The number of carbonyl (C=O) groups is 1. The van der Waals surface area contributed by atoms with Crippen LogP contribution in [0.3, 0.4) is 0 Å². The van der Waals surface area contributed by atoms with Crippen LogP contribution in [0.15, 0.2) is 12.7 Å². The fraction of sp³-hybridized carbons (Fsp3) is 0.412. The van der Waals surface area contributed by atoms with E-state index in [9.17, 15) is 22.4 Å². The molecule has 0 amide bonds. The lowest BCUT2D eigenvalue weighted by Gasteiger charge is -2.12. The summed E-state index contributed by atoms with van der Waals surface area (Å²) in [4.78, 5) is 11.9. The highest BCUT2D eigenvalue weighted by Gasteiger charge is 2.63. The van der Waals surface area contributed by atoms with Gasteiger partial charge in [0.15, 0.2) is 23.3 Å². The summed E-state index contributed by atoms with van der Waals surface area (Å²) < 4.78 is 60.2. The molecule has 0 bridgehead atoms. The number of hydrogen-bond acceptors (Lipinski definition) is 3. The van der Waals surface area contributed by atoms with E-state index in [-0.39, 0.29) is 6.42 Å². The SMILES string of the molecule is C=CCc1c(F)c(F)c(COC(=O)[C@@H]2[C@H](C#N)C2(C)C)c(F)c1F. The second-order valence-electron chi connectivity index (χ2n) is 6.22. The molecule has 0 heterocycles. The van der Waals surface area contributed by atoms with E-state index in [1.54, 1.807) is 13.8 Å². The monoisotopic (exact) mass is 341 g/mol. The predicted octanol–water partition coefficient (Wildman–Crippen LogP) is 3.81. The summed E-state index contributed by atoms with van der Waals surface area (Å²) in [5.74, 6) is -8.42. The molecular weight excluding hydrogens is 326 g/mol. The Balaban J connectivity index is 2.21. The topological polar surface area (TPSA) is 50.1 Å². The van der Waals surface area contributed by atoms with Crippen molar-refractivity contribution in [2.24, 2.45) is 17.3 Å². The molecule has 1 aliphatic rings. The van der Waals surface area contributed by atoms with Crippen LogP contribution in [0.1, 0.15) is 25.0 Å². The summed E-state index contributed by atoms with van der Waals surface area (Å²) >= 11 is 0. The van der Waals surface area contributed by atoms with Gasteiger partial charge in [0.2, 0.25) is 0 Å². The standard InChI is InChI=1S/C17H15F4NO2/c1-4-5-8-12(18)14(20)9(15(21)13(8)19)7-24-16(23)11-10(6-22)17(11,2)3/h4,10-11H,1,5,7H2,2-3H3/t10-,11-/m0/s1. The van der Waals surface area contributed by atoms with Crippen molar-refractivity contribution in [3.8, 4) is 6.07 Å².